The molecule has 1 saturated heterocycles. The number of hydrogen-bond donors (Lipinski definition) is 0. The summed E-state index contributed by atoms with van der Waals surface area (Å²) < 4.78 is 6.89. The maximum Gasteiger partial charge on any atom is 0.410 e. The lowest BCUT2D eigenvalue weighted by atomic mass is 10.1. The Labute approximate surface area is 129 Å². The average Bonchev–Trinajstić information content (AvgIpc) is 2.88. The smallest absolute Gasteiger partial charge is 0.410 e. The molecular weight excluding hydrogens is 284 g/mol. The topological polar surface area (TPSA) is 68.6 Å². The molecule has 2 rings (SSSR count). The second kappa shape index (κ2) is 6.34. The predicted octanol–water partition coefficient (Wildman–Crippen LogP) is 1.92. The third kappa shape index (κ3) is 3.96. The lowest BCUT2D eigenvalue weighted by Gasteiger charge is -2.24. The first-order valence-electron chi connectivity index (χ1n) is 7.43. The van der Waals surface area contributed by atoms with E-state index in [-0.39, 0.29) is 23.1 Å². The van der Waals surface area contributed by atoms with Crippen molar-refractivity contribution >= 4 is 12.4 Å². The SMILES string of the molecule is CC(C)(C)OC(=O)N1CCC(Cn2cccc(C=O)c2=O)C1. The molecule has 0 saturated carbocycles. The van der Waals surface area contributed by atoms with Crippen LogP contribution in [-0.2, 0) is 11.3 Å². The summed E-state index contributed by atoms with van der Waals surface area (Å²) in [7, 11) is 0. The molecule has 1 aliphatic heterocycles. The van der Waals surface area contributed by atoms with E-state index in [2.05, 4.69) is 0 Å². The van der Waals surface area contributed by atoms with Crippen molar-refractivity contribution in [3.05, 3.63) is 34.2 Å². The summed E-state index contributed by atoms with van der Waals surface area (Å²) in [5.74, 6) is 0.187. The summed E-state index contributed by atoms with van der Waals surface area (Å²) in [6, 6.07) is 3.19. The Hall–Kier alpha value is -2.11. The molecular formula is C16H22N2O4. The molecule has 0 spiro atoms. The molecule has 0 bridgehead atoms. The van der Waals surface area contributed by atoms with Crippen molar-refractivity contribution in [2.24, 2.45) is 5.92 Å². The third-order valence-corrected chi connectivity index (χ3v) is 3.57. The molecule has 22 heavy (non-hydrogen) atoms. The van der Waals surface area contributed by atoms with E-state index in [1.807, 2.05) is 20.8 Å². The number of pyridine rings is 1. The molecule has 1 aromatic rings. The van der Waals surface area contributed by atoms with Gasteiger partial charge in [0.1, 0.15) is 5.60 Å². The highest BCUT2D eigenvalue weighted by molar-refractivity contribution is 5.73. The van der Waals surface area contributed by atoms with Crippen LogP contribution in [0.1, 0.15) is 37.6 Å². The fourth-order valence-electron chi connectivity index (χ4n) is 2.54. The second-order valence-corrected chi connectivity index (χ2v) is 6.62. The van der Waals surface area contributed by atoms with Crippen LogP contribution < -0.4 is 5.56 Å². The zero-order valence-electron chi connectivity index (χ0n) is 13.2. The van der Waals surface area contributed by atoms with Crippen LogP contribution in [0, 0.1) is 5.92 Å². The summed E-state index contributed by atoms with van der Waals surface area (Å²) in [5, 5.41) is 0. The Kier molecular flexibility index (Phi) is 4.68. The Morgan fingerprint density at radius 3 is 2.82 bits per heavy atom. The minimum Gasteiger partial charge on any atom is -0.444 e. The number of carbonyl (C=O) groups is 2. The van der Waals surface area contributed by atoms with Gasteiger partial charge in [-0.1, -0.05) is 0 Å². The van der Waals surface area contributed by atoms with Gasteiger partial charge < -0.3 is 14.2 Å². The predicted molar refractivity (Wildman–Crippen MR) is 82.0 cm³/mol. The van der Waals surface area contributed by atoms with Gasteiger partial charge in [-0.25, -0.2) is 4.79 Å². The molecule has 0 radical (unpaired) electrons. The van der Waals surface area contributed by atoms with E-state index in [0.29, 0.717) is 25.9 Å². The van der Waals surface area contributed by atoms with Crippen molar-refractivity contribution in [3.8, 4) is 0 Å². The minimum absolute atomic E-state index is 0.157. The van der Waals surface area contributed by atoms with Gasteiger partial charge in [0, 0.05) is 25.8 Å². The van der Waals surface area contributed by atoms with Gasteiger partial charge in [-0.15, -0.1) is 0 Å². The van der Waals surface area contributed by atoms with Gasteiger partial charge in [0.2, 0.25) is 0 Å². The highest BCUT2D eigenvalue weighted by Gasteiger charge is 2.30. The Morgan fingerprint density at radius 2 is 2.18 bits per heavy atom. The van der Waals surface area contributed by atoms with Crippen molar-refractivity contribution in [1.29, 1.82) is 0 Å². The van der Waals surface area contributed by atoms with Crippen LogP contribution in [0.25, 0.3) is 0 Å². The van der Waals surface area contributed by atoms with E-state index in [1.165, 1.54) is 10.6 Å². The van der Waals surface area contributed by atoms with Gasteiger partial charge in [-0.3, -0.25) is 9.59 Å². The monoisotopic (exact) mass is 306 g/mol. The van der Waals surface area contributed by atoms with E-state index in [9.17, 15) is 14.4 Å². The van der Waals surface area contributed by atoms with Gasteiger partial charge in [0.15, 0.2) is 6.29 Å². The van der Waals surface area contributed by atoms with Crippen LogP contribution in [0.3, 0.4) is 0 Å². The molecule has 1 aliphatic rings. The largest absolute Gasteiger partial charge is 0.444 e. The number of likely N-dealkylation sites (tertiary alicyclic amines) is 1. The van der Waals surface area contributed by atoms with Gasteiger partial charge in [0.05, 0.1) is 5.56 Å². The number of amides is 1. The summed E-state index contributed by atoms with van der Waals surface area (Å²) in [4.78, 5) is 36.5. The lowest BCUT2D eigenvalue weighted by molar-refractivity contribution is 0.0287. The molecule has 0 N–H and O–H groups in total. The maximum atomic E-state index is 12.0. The normalized spacial score (nSPS) is 18.3. The van der Waals surface area contributed by atoms with Crippen LogP contribution in [0.4, 0.5) is 4.79 Å². The number of carbonyl (C=O) groups excluding carboxylic acids is 2. The summed E-state index contributed by atoms with van der Waals surface area (Å²) >= 11 is 0. The number of nitrogens with zero attached hydrogens (tertiary/aromatic N) is 2. The second-order valence-electron chi connectivity index (χ2n) is 6.62. The first-order chi connectivity index (χ1) is 10.3. The van der Waals surface area contributed by atoms with Crippen LogP contribution >= 0.6 is 0 Å². The molecule has 1 aromatic heterocycles. The van der Waals surface area contributed by atoms with E-state index < -0.39 is 5.60 Å². The number of hydrogen-bond acceptors (Lipinski definition) is 4. The van der Waals surface area contributed by atoms with Crippen molar-refractivity contribution < 1.29 is 14.3 Å². The Morgan fingerprint density at radius 1 is 1.45 bits per heavy atom. The van der Waals surface area contributed by atoms with Gasteiger partial charge in [0.25, 0.3) is 5.56 Å². The third-order valence-electron chi connectivity index (χ3n) is 3.57. The van der Waals surface area contributed by atoms with Crippen molar-refractivity contribution in [2.45, 2.75) is 39.3 Å². The fraction of sp³-hybridized carbons (Fsp3) is 0.562. The number of aromatic nitrogens is 1. The Balaban J connectivity index is 1.99. The molecule has 120 valence electrons. The van der Waals surface area contributed by atoms with Crippen LogP contribution in [0.5, 0.6) is 0 Å². The van der Waals surface area contributed by atoms with Crippen LogP contribution in [-0.4, -0.2) is 40.5 Å². The van der Waals surface area contributed by atoms with Crippen LogP contribution in [0.2, 0.25) is 0 Å². The number of ether oxygens (including phenoxy) is 1. The summed E-state index contributed by atoms with van der Waals surface area (Å²) in [6.45, 7) is 7.20. The van der Waals surface area contributed by atoms with E-state index >= 15 is 0 Å². The van der Waals surface area contributed by atoms with Gasteiger partial charge in [-0.2, -0.15) is 0 Å². The van der Waals surface area contributed by atoms with Gasteiger partial charge >= 0.3 is 6.09 Å². The highest BCUT2D eigenvalue weighted by atomic mass is 16.6. The minimum atomic E-state index is -0.510. The zero-order chi connectivity index (χ0) is 16.3. The lowest BCUT2D eigenvalue weighted by Crippen LogP contribution is -2.36. The van der Waals surface area contributed by atoms with Crippen molar-refractivity contribution in [3.63, 3.8) is 0 Å². The molecule has 6 heteroatoms. The standard InChI is InChI=1S/C16H22N2O4/c1-16(2,3)22-15(21)18-8-6-12(10-18)9-17-7-4-5-13(11-19)14(17)20/h4-5,7,11-12H,6,8-10H2,1-3H3. The average molecular weight is 306 g/mol. The van der Waals surface area contributed by atoms with Crippen LogP contribution in [0.15, 0.2) is 23.1 Å². The Bertz CT molecular complexity index is 615. The quantitative estimate of drug-likeness (QED) is 0.800. The maximum absolute atomic E-state index is 12.0. The molecule has 1 atom stereocenters. The van der Waals surface area contributed by atoms with Gasteiger partial charge in [-0.05, 0) is 45.2 Å². The molecule has 1 amide bonds. The first-order valence-corrected chi connectivity index (χ1v) is 7.43. The zero-order valence-corrected chi connectivity index (χ0v) is 13.2. The van der Waals surface area contributed by atoms with Crippen molar-refractivity contribution in [2.75, 3.05) is 13.1 Å². The fourth-order valence-corrected chi connectivity index (χ4v) is 2.54. The van der Waals surface area contributed by atoms with E-state index in [0.717, 1.165) is 6.42 Å². The van der Waals surface area contributed by atoms with E-state index in [4.69, 9.17) is 4.74 Å². The van der Waals surface area contributed by atoms with Crippen molar-refractivity contribution in [1.82, 2.24) is 9.47 Å². The molecule has 6 nitrogen and oxygen atoms in total. The molecule has 0 aliphatic carbocycles. The number of rotatable bonds is 3. The molecule has 2 heterocycles. The molecule has 1 unspecified atom stereocenters. The van der Waals surface area contributed by atoms with E-state index in [1.54, 1.807) is 17.2 Å². The summed E-state index contributed by atoms with van der Waals surface area (Å²) in [6.07, 6.45) is 2.74. The first kappa shape index (κ1) is 16.3. The molecule has 1 fully saturated rings. The highest BCUT2D eigenvalue weighted by Crippen LogP contribution is 2.20. The summed E-state index contributed by atoms with van der Waals surface area (Å²) in [5.41, 5.74) is -0.637. The molecule has 0 aromatic carbocycles. The number of aldehydes is 1.